The Balaban J connectivity index is 2.34. The number of hydrogen-bond acceptors (Lipinski definition) is 2. The van der Waals surface area contributed by atoms with Gasteiger partial charge in [0, 0.05) is 30.4 Å². The van der Waals surface area contributed by atoms with Crippen LogP contribution in [0, 0.1) is 11.7 Å². The average molecular weight is 250 g/mol. The number of rotatable bonds is 4. The van der Waals surface area contributed by atoms with Crippen LogP contribution >= 0.6 is 0 Å². The van der Waals surface area contributed by atoms with Gasteiger partial charge in [0.15, 0.2) is 0 Å². The standard InChI is InChI=1S/C15H23FN2/c1-11(2)14-8-5-9-18(14)15-7-4-6-13(16)12(15)10-17-3/h4,6-7,11,14,17H,5,8-10H2,1-3H3. The van der Waals surface area contributed by atoms with Crippen LogP contribution in [0.5, 0.6) is 0 Å². The van der Waals surface area contributed by atoms with E-state index in [1.54, 1.807) is 6.07 Å². The van der Waals surface area contributed by atoms with Crippen molar-refractivity contribution in [3.8, 4) is 0 Å². The van der Waals surface area contributed by atoms with Crippen LogP contribution in [-0.2, 0) is 6.54 Å². The molecule has 2 rings (SSSR count). The zero-order valence-electron chi connectivity index (χ0n) is 11.5. The summed E-state index contributed by atoms with van der Waals surface area (Å²) < 4.78 is 14.0. The summed E-state index contributed by atoms with van der Waals surface area (Å²) in [5.41, 5.74) is 1.87. The highest BCUT2D eigenvalue weighted by Gasteiger charge is 2.29. The van der Waals surface area contributed by atoms with E-state index in [4.69, 9.17) is 0 Å². The van der Waals surface area contributed by atoms with Crippen molar-refractivity contribution in [1.29, 1.82) is 0 Å². The van der Waals surface area contributed by atoms with E-state index in [0.717, 1.165) is 17.8 Å². The van der Waals surface area contributed by atoms with Gasteiger partial charge in [-0.2, -0.15) is 0 Å². The number of nitrogens with one attached hydrogen (secondary N) is 1. The molecule has 0 aliphatic carbocycles. The molecule has 0 aromatic heterocycles. The van der Waals surface area contributed by atoms with E-state index in [1.165, 1.54) is 12.8 Å². The summed E-state index contributed by atoms with van der Waals surface area (Å²) >= 11 is 0. The highest BCUT2D eigenvalue weighted by molar-refractivity contribution is 5.56. The van der Waals surface area contributed by atoms with Crippen molar-refractivity contribution >= 4 is 5.69 Å². The van der Waals surface area contributed by atoms with Gasteiger partial charge in [0.25, 0.3) is 0 Å². The van der Waals surface area contributed by atoms with Gasteiger partial charge in [-0.3, -0.25) is 0 Å². The highest BCUT2D eigenvalue weighted by Crippen LogP contribution is 2.33. The van der Waals surface area contributed by atoms with Gasteiger partial charge in [-0.1, -0.05) is 19.9 Å². The van der Waals surface area contributed by atoms with E-state index < -0.39 is 0 Å². The molecule has 1 N–H and O–H groups in total. The quantitative estimate of drug-likeness (QED) is 0.883. The van der Waals surface area contributed by atoms with Crippen molar-refractivity contribution in [3.63, 3.8) is 0 Å². The van der Waals surface area contributed by atoms with Gasteiger partial charge in [-0.05, 0) is 37.9 Å². The van der Waals surface area contributed by atoms with E-state index >= 15 is 0 Å². The van der Waals surface area contributed by atoms with Gasteiger partial charge < -0.3 is 10.2 Å². The molecular weight excluding hydrogens is 227 g/mol. The van der Waals surface area contributed by atoms with Gasteiger partial charge in [-0.25, -0.2) is 4.39 Å². The summed E-state index contributed by atoms with van der Waals surface area (Å²) in [6, 6.07) is 5.97. The minimum atomic E-state index is -0.101. The Labute approximate surface area is 109 Å². The van der Waals surface area contributed by atoms with Crippen molar-refractivity contribution in [2.24, 2.45) is 5.92 Å². The molecule has 1 aromatic carbocycles. The third kappa shape index (κ3) is 2.51. The Kier molecular flexibility index (Phi) is 4.23. The van der Waals surface area contributed by atoms with Crippen molar-refractivity contribution in [2.75, 3.05) is 18.5 Å². The smallest absolute Gasteiger partial charge is 0.129 e. The van der Waals surface area contributed by atoms with Crippen molar-refractivity contribution in [3.05, 3.63) is 29.6 Å². The Morgan fingerprint density at radius 3 is 2.89 bits per heavy atom. The molecule has 100 valence electrons. The van der Waals surface area contributed by atoms with E-state index in [2.05, 4.69) is 30.1 Å². The maximum absolute atomic E-state index is 14.0. The number of anilines is 1. The highest BCUT2D eigenvalue weighted by atomic mass is 19.1. The van der Waals surface area contributed by atoms with Crippen molar-refractivity contribution in [1.82, 2.24) is 5.32 Å². The second kappa shape index (κ2) is 5.70. The monoisotopic (exact) mass is 250 g/mol. The first-order chi connectivity index (χ1) is 8.65. The molecule has 0 radical (unpaired) electrons. The summed E-state index contributed by atoms with van der Waals surface area (Å²) in [7, 11) is 1.86. The molecule has 1 atom stereocenters. The predicted molar refractivity (Wildman–Crippen MR) is 74.4 cm³/mol. The van der Waals surface area contributed by atoms with Crippen LogP contribution < -0.4 is 10.2 Å². The summed E-state index contributed by atoms with van der Waals surface area (Å²) in [6.07, 6.45) is 2.42. The average Bonchev–Trinajstić information content (AvgIpc) is 2.81. The van der Waals surface area contributed by atoms with Crippen LogP contribution in [0.25, 0.3) is 0 Å². The number of nitrogens with zero attached hydrogens (tertiary/aromatic N) is 1. The van der Waals surface area contributed by atoms with Crippen LogP contribution in [0.2, 0.25) is 0 Å². The van der Waals surface area contributed by atoms with E-state index in [9.17, 15) is 4.39 Å². The number of hydrogen-bond donors (Lipinski definition) is 1. The van der Waals surface area contributed by atoms with Gasteiger partial charge in [0.2, 0.25) is 0 Å². The third-order valence-electron chi connectivity index (χ3n) is 3.83. The second-order valence-electron chi connectivity index (χ2n) is 5.41. The summed E-state index contributed by atoms with van der Waals surface area (Å²) in [4.78, 5) is 2.39. The topological polar surface area (TPSA) is 15.3 Å². The lowest BCUT2D eigenvalue weighted by molar-refractivity contribution is 0.489. The lowest BCUT2D eigenvalue weighted by atomic mass is 10.0. The Morgan fingerprint density at radius 2 is 2.22 bits per heavy atom. The molecule has 3 heteroatoms. The van der Waals surface area contributed by atoms with Crippen molar-refractivity contribution in [2.45, 2.75) is 39.3 Å². The first-order valence-corrected chi connectivity index (χ1v) is 6.83. The molecule has 1 aliphatic rings. The van der Waals surface area contributed by atoms with Crippen LogP contribution in [0.1, 0.15) is 32.3 Å². The molecule has 1 saturated heterocycles. The molecule has 2 nitrogen and oxygen atoms in total. The second-order valence-corrected chi connectivity index (χ2v) is 5.41. The fraction of sp³-hybridized carbons (Fsp3) is 0.600. The zero-order valence-corrected chi connectivity index (χ0v) is 11.5. The molecule has 1 fully saturated rings. The molecule has 1 unspecified atom stereocenters. The molecule has 1 aromatic rings. The first-order valence-electron chi connectivity index (χ1n) is 6.83. The molecule has 18 heavy (non-hydrogen) atoms. The van der Waals surface area contributed by atoms with Gasteiger partial charge >= 0.3 is 0 Å². The normalized spacial score (nSPS) is 19.8. The fourth-order valence-corrected chi connectivity index (χ4v) is 2.95. The van der Waals surface area contributed by atoms with E-state index in [0.29, 0.717) is 18.5 Å². The molecular formula is C15H23FN2. The van der Waals surface area contributed by atoms with Crippen LogP contribution in [0.4, 0.5) is 10.1 Å². The van der Waals surface area contributed by atoms with Crippen LogP contribution in [0.3, 0.4) is 0 Å². The van der Waals surface area contributed by atoms with Gasteiger partial charge in [0.05, 0.1) is 0 Å². The Bertz CT molecular complexity index is 403. The minimum Gasteiger partial charge on any atom is -0.368 e. The number of halogens is 1. The maximum Gasteiger partial charge on any atom is 0.129 e. The van der Waals surface area contributed by atoms with Crippen molar-refractivity contribution < 1.29 is 4.39 Å². The number of benzene rings is 1. The maximum atomic E-state index is 14.0. The minimum absolute atomic E-state index is 0.101. The zero-order chi connectivity index (χ0) is 13.1. The van der Waals surface area contributed by atoms with Gasteiger partial charge in [-0.15, -0.1) is 0 Å². The summed E-state index contributed by atoms with van der Waals surface area (Å²) in [5.74, 6) is 0.509. The third-order valence-corrected chi connectivity index (χ3v) is 3.83. The molecule has 0 amide bonds. The lowest BCUT2D eigenvalue weighted by Gasteiger charge is -2.31. The van der Waals surface area contributed by atoms with E-state index in [1.807, 2.05) is 13.1 Å². The molecule has 0 spiro atoms. The summed E-state index contributed by atoms with van der Waals surface area (Å²) in [5, 5.41) is 3.07. The molecule has 1 heterocycles. The predicted octanol–water partition coefficient (Wildman–Crippen LogP) is 3.17. The lowest BCUT2D eigenvalue weighted by Crippen LogP contribution is -2.34. The van der Waals surface area contributed by atoms with Crippen LogP contribution in [-0.4, -0.2) is 19.6 Å². The molecule has 1 aliphatic heterocycles. The SMILES string of the molecule is CNCc1c(F)cccc1N1CCCC1C(C)C. The first kappa shape index (κ1) is 13.3. The van der Waals surface area contributed by atoms with E-state index in [-0.39, 0.29) is 5.82 Å². The molecule has 0 saturated carbocycles. The Morgan fingerprint density at radius 1 is 1.44 bits per heavy atom. The fourth-order valence-electron chi connectivity index (χ4n) is 2.95. The summed E-state index contributed by atoms with van der Waals surface area (Å²) in [6.45, 7) is 6.13. The van der Waals surface area contributed by atoms with Crippen LogP contribution in [0.15, 0.2) is 18.2 Å². The van der Waals surface area contributed by atoms with Gasteiger partial charge in [0.1, 0.15) is 5.82 Å². The largest absolute Gasteiger partial charge is 0.368 e. The molecule has 0 bridgehead atoms. The Hall–Kier alpha value is -1.09.